The van der Waals surface area contributed by atoms with Crippen LogP contribution in [0.5, 0.6) is 5.75 Å². The zero-order chi connectivity index (χ0) is 21.8. The number of aliphatic hydroxyl groups is 1. The molecule has 3 unspecified atom stereocenters. The summed E-state index contributed by atoms with van der Waals surface area (Å²) in [7, 11) is 1.65. The summed E-state index contributed by atoms with van der Waals surface area (Å²) in [6, 6.07) is 8.20. The van der Waals surface area contributed by atoms with Crippen LogP contribution in [-0.2, 0) is 14.3 Å². The van der Waals surface area contributed by atoms with Crippen molar-refractivity contribution in [3.8, 4) is 5.75 Å². The lowest BCUT2D eigenvalue weighted by molar-refractivity contribution is -0.167. The third kappa shape index (κ3) is 4.90. The van der Waals surface area contributed by atoms with Crippen LogP contribution in [0.4, 0.5) is 0 Å². The Morgan fingerprint density at radius 2 is 2.03 bits per heavy atom. The van der Waals surface area contributed by atoms with Crippen LogP contribution in [0, 0.1) is 17.8 Å². The fraction of sp³-hybridized carbons (Fsp3) is 0.640. The van der Waals surface area contributed by atoms with Crippen molar-refractivity contribution in [1.82, 2.24) is 5.32 Å². The SMILES string of the molecule is CCO[C@H]1OC(C(=O)NC2CC3CCC2C3)=C[C@@H](c2ccc(OC)cc2)[C@@H]1CCCO. The summed E-state index contributed by atoms with van der Waals surface area (Å²) in [5.41, 5.74) is 1.09. The molecule has 6 heteroatoms. The van der Waals surface area contributed by atoms with Crippen LogP contribution in [0.2, 0.25) is 0 Å². The Balaban J connectivity index is 1.58. The number of allylic oxidation sites excluding steroid dienone is 1. The minimum Gasteiger partial charge on any atom is -0.497 e. The van der Waals surface area contributed by atoms with Crippen molar-refractivity contribution in [1.29, 1.82) is 0 Å². The normalized spacial score (nSPS) is 31.8. The Labute approximate surface area is 185 Å². The topological polar surface area (TPSA) is 77.0 Å². The predicted octanol–water partition coefficient (Wildman–Crippen LogP) is 3.75. The molecule has 6 atom stereocenters. The summed E-state index contributed by atoms with van der Waals surface area (Å²) in [6.45, 7) is 2.55. The highest BCUT2D eigenvalue weighted by Crippen LogP contribution is 2.45. The third-order valence-electron chi connectivity index (χ3n) is 7.19. The quantitative estimate of drug-likeness (QED) is 0.625. The van der Waals surface area contributed by atoms with Crippen molar-refractivity contribution in [3.63, 3.8) is 0 Å². The van der Waals surface area contributed by atoms with E-state index in [2.05, 4.69) is 5.32 Å². The number of hydrogen-bond donors (Lipinski definition) is 2. The molecule has 3 aliphatic rings. The molecular weight excluding hydrogens is 394 g/mol. The number of hydrogen-bond acceptors (Lipinski definition) is 5. The second-order valence-electron chi connectivity index (χ2n) is 9.06. The van der Waals surface area contributed by atoms with E-state index in [1.165, 1.54) is 19.3 Å². The lowest BCUT2D eigenvalue weighted by atomic mass is 9.80. The molecule has 0 aromatic heterocycles. The Bertz CT molecular complexity index is 777. The molecular formula is C25H35NO5. The van der Waals surface area contributed by atoms with Crippen molar-refractivity contribution >= 4 is 5.91 Å². The van der Waals surface area contributed by atoms with Gasteiger partial charge in [-0.3, -0.25) is 4.79 Å². The van der Waals surface area contributed by atoms with Gasteiger partial charge in [-0.25, -0.2) is 0 Å². The van der Waals surface area contributed by atoms with Crippen LogP contribution in [-0.4, -0.2) is 43.7 Å². The first-order valence-electron chi connectivity index (χ1n) is 11.7. The van der Waals surface area contributed by atoms with Crippen LogP contribution in [0.1, 0.15) is 56.9 Å². The Morgan fingerprint density at radius 1 is 1.23 bits per heavy atom. The van der Waals surface area contributed by atoms with Crippen molar-refractivity contribution in [2.75, 3.05) is 20.3 Å². The first-order chi connectivity index (χ1) is 15.1. The van der Waals surface area contributed by atoms with Crippen LogP contribution >= 0.6 is 0 Å². The van der Waals surface area contributed by atoms with E-state index in [4.69, 9.17) is 14.2 Å². The zero-order valence-corrected chi connectivity index (χ0v) is 18.6. The summed E-state index contributed by atoms with van der Waals surface area (Å²) in [6.07, 6.45) is 7.67. The van der Waals surface area contributed by atoms with E-state index in [1.807, 2.05) is 37.3 Å². The van der Waals surface area contributed by atoms with Crippen molar-refractivity contribution in [2.24, 2.45) is 17.8 Å². The number of carbonyl (C=O) groups is 1. The minimum atomic E-state index is -0.519. The van der Waals surface area contributed by atoms with Gasteiger partial charge in [-0.15, -0.1) is 0 Å². The summed E-state index contributed by atoms with van der Waals surface area (Å²) >= 11 is 0. The van der Waals surface area contributed by atoms with Gasteiger partial charge in [0.15, 0.2) is 5.76 Å². The molecule has 1 aliphatic heterocycles. The van der Waals surface area contributed by atoms with Gasteiger partial charge in [-0.05, 0) is 74.6 Å². The highest BCUT2D eigenvalue weighted by molar-refractivity contribution is 5.92. The number of amides is 1. The number of methoxy groups -OCH3 is 1. The molecule has 170 valence electrons. The maximum Gasteiger partial charge on any atom is 0.286 e. The number of rotatable bonds is 9. The lowest BCUT2D eigenvalue weighted by Gasteiger charge is -2.37. The average Bonchev–Trinajstić information content (AvgIpc) is 3.41. The molecule has 0 radical (unpaired) electrons. The number of fused-ring (bicyclic) bond motifs is 2. The van der Waals surface area contributed by atoms with E-state index >= 15 is 0 Å². The van der Waals surface area contributed by atoms with Crippen LogP contribution in [0.25, 0.3) is 0 Å². The first kappa shape index (κ1) is 22.2. The maximum atomic E-state index is 13.2. The molecule has 4 rings (SSSR count). The summed E-state index contributed by atoms with van der Waals surface area (Å²) in [4.78, 5) is 13.2. The monoisotopic (exact) mass is 429 g/mol. The van der Waals surface area contributed by atoms with E-state index in [0.29, 0.717) is 24.7 Å². The smallest absolute Gasteiger partial charge is 0.286 e. The Hall–Kier alpha value is -2.05. The number of nitrogens with one attached hydrogen (secondary N) is 1. The lowest BCUT2D eigenvalue weighted by Crippen LogP contribution is -2.43. The van der Waals surface area contributed by atoms with Crippen LogP contribution < -0.4 is 10.1 Å². The van der Waals surface area contributed by atoms with Gasteiger partial charge in [-0.2, -0.15) is 0 Å². The Morgan fingerprint density at radius 3 is 2.65 bits per heavy atom. The summed E-state index contributed by atoms with van der Waals surface area (Å²) in [5.74, 6) is 2.35. The van der Waals surface area contributed by atoms with Gasteiger partial charge in [0.1, 0.15) is 5.75 Å². The van der Waals surface area contributed by atoms with E-state index in [9.17, 15) is 9.90 Å². The second kappa shape index (κ2) is 10.0. The predicted molar refractivity (Wildman–Crippen MR) is 118 cm³/mol. The molecule has 1 amide bonds. The van der Waals surface area contributed by atoms with E-state index in [1.54, 1.807) is 7.11 Å². The average molecular weight is 430 g/mol. The second-order valence-corrected chi connectivity index (χ2v) is 9.06. The van der Waals surface area contributed by atoms with Crippen molar-refractivity contribution < 1.29 is 24.1 Å². The zero-order valence-electron chi connectivity index (χ0n) is 18.6. The van der Waals surface area contributed by atoms with Crippen molar-refractivity contribution in [2.45, 2.75) is 63.7 Å². The van der Waals surface area contributed by atoms with E-state index < -0.39 is 6.29 Å². The fourth-order valence-electron chi connectivity index (χ4n) is 5.63. The maximum absolute atomic E-state index is 13.2. The molecule has 6 nitrogen and oxygen atoms in total. The molecule has 31 heavy (non-hydrogen) atoms. The molecule has 0 saturated heterocycles. The number of aliphatic hydroxyl groups excluding tert-OH is 1. The molecule has 2 bridgehead atoms. The molecule has 2 saturated carbocycles. The van der Waals surface area contributed by atoms with Crippen LogP contribution in [0.3, 0.4) is 0 Å². The fourth-order valence-corrected chi connectivity index (χ4v) is 5.63. The largest absolute Gasteiger partial charge is 0.497 e. The molecule has 2 aliphatic carbocycles. The molecule has 2 N–H and O–H groups in total. The highest BCUT2D eigenvalue weighted by atomic mass is 16.7. The third-order valence-corrected chi connectivity index (χ3v) is 7.19. The highest BCUT2D eigenvalue weighted by Gasteiger charge is 2.42. The van der Waals surface area contributed by atoms with Crippen LogP contribution in [0.15, 0.2) is 36.1 Å². The van der Waals surface area contributed by atoms with Gasteiger partial charge in [0.2, 0.25) is 6.29 Å². The van der Waals surface area contributed by atoms with Gasteiger partial charge in [-0.1, -0.05) is 18.6 Å². The molecule has 0 spiro atoms. The van der Waals surface area contributed by atoms with E-state index in [-0.39, 0.29) is 30.4 Å². The number of ether oxygens (including phenoxy) is 3. The number of carbonyl (C=O) groups excluding carboxylic acids is 1. The molecule has 1 heterocycles. The van der Waals surface area contributed by atoms with Gasteiger partial charge in [0.25, 0.3) is 5.91 Å². The summed E-state index contributed by atoms with van der Waals surface area (Å²) in [5, 5.41) is 12.7. The van der Waals surface area contributed by atoms with Gasteiger partial charge in [0.05, 0.1) is 7.11 Å². The Kier molecular flexibility index (Phi) is 7.18. The van der Waals surface area contributed by atoms with Crippen molar-refractivity contribution in [3.05, 3.63) is 41.7 Å². The summed E-state index contributed by atoms with van der Waals surface area (Å²) < 4.78 is 17.3. The molecule has 1 aromatic rings. The van der Waals surface area contributed by atoms with Gasteiger partial charge < -0.3 is 24.6 Å². The minimum absolute atomic E-state index is 0.0135. The first-order valence-corrected chi connectivity index (χ1v) is 11.7. The molecule has 2 fully saturated rings. The van der Waals surface area contributed by atoms with Gasteiger partial charge >= 0.3 is 0 Å². The number of benzene rings is 1. The molecule has 1 aromatic carbocycles. The van der Waals surface area contributed by atoms with E-state index in [0.717, 1.165) is 30.1 Å². The van der Waals surface area contributed by atoms with Gasteiger partial charge in [0, 0.05) is 31.1 Å². The standard InChI is InChI=1S/C25H35NO5/c1-3-30-25-20(5-4-12-27)21(17-8-10-19(29-2)11-9-17)15-23(31-25)24(28)26-22-14-16-6-7-18(22)13-16/h8-11,15-16,18,20-22,25,27H,3-7,12-14H2,1-2H3,(H,26,28)/t16?,18?,20-,21-,22?,25-/m0/s1.